The molecule has 21 heavy (non-hydrogen) atoms. The summed E-state index contributed by atoms with van der Waals surface area (Å²) in [5.74, 6) is 0.521. The van der Waals surface area contributed by atoms with Crippen molar-refractivity contribution in [2.24, 2.45) is 0 Å². The van der Waals surface area contributed by atoms with Gasteiger partial charge in [-0.2, -0.15) is 0 Å². The molecule has 0 amide bonds. The van der Waals surface area contributed by atoms with E-state index in [0.29, 0.717) is 18.0 Å². The van der Waals surface area contributed by atoms with E-state index in [-0.39, 0.29) is 5.75 Å². The second kappa shape index (κ2) is 6.35. The Bertz CT molecular complexity index is 644. The zero-order chi connectivity index (χ0) is 15.4. The Balaban J connectivity index is 2.30. The molecule has 0 aliphatic heterocycles. The van der Waals surface area contributed by atoms with Gasteiger partial charge < -0.3 is 20.5 Å². The molecule has 0 radical (unpaired) electrons. The summed E-state index contributed by atoms with van der Waals surface area (Å²) < 4.78 is 24.1. The molecular formula is C16H19FN2O2. The van der Waals surface area contributed by atoms with E-state index < -0.39 is 5.82 Å². The van der Waals surface area contributed by atoms with Gasteiger partial charge in [-0.1, -0.05) is 0 Å². The maximum atomic E-state index is 13.7. The summed E-state index contributed by atoms with van der Waals surface area (Å²) in [6, 6.07) is 8.48. The number of benzene rings is 2. The van der Waals surface area contributed by atoms with Crippen LogP contribution < -0.4 is 20.5 Å². The number of nitrogens with two attached hydrogens (primary N) is 1. The highest BCUT2D eigenvalue weighted by Crippen LogP contribution is 2.31. The maximum Gasteiger partial charge on any atom is 0.167 e. The topological polar surface area (TPSA) is 56.5 Å². The molecule has 0 unspecified atom stereocenters. The van der Waals surface area contributed by atoms with Crippen molar-refractivity contribution in [3.63, 3.8) is 0 Å². The molecule has 0 bridgehead atoms. The lowest BCUT2D eigenvalue weighted by Gasteiger charge is -2.14. The van der Waals surface area contributed by atoms with Crippen LogP contribution in [0.1, 0.15) is 12.5 Å². The monoisotopic (exact) mass is 290 g/mol. The van der Waals surface area contributed by atoms with Gasteiger partial charge in [0.15, 0.2) is 11.6 Å². The van der Waals surface area contributed by atoms with Crippen LogP contribution in [0.2, 0.25) is 0 Å². The highest BCUT2D eigenvalue weighted by atomic mass is 19.1. The number of methoxy groups -OCH3 is 1. The molecule has 0 spiro atoms. The fourth-order valence-electron chi connectivity index (χ4n) is 2.05. The van der Waals surface area contributed by atoms with Gasteiger partial charge in [-0.3, -0.25) is 0 Å². The second-order valence-electron chi connectivity index (χ2n) is 4.61. The van der Waals surface area contributed by atoms with E-state index in [4.69, 9.17) is 15.2 Å². The van der Waals surface area contributed by atoms with E-state index in [2.05, 4.69) is 5.32 Å². The molecule has 2 aromatic rings. The van der Waals surface area contributed by atoms with E-state index in [1.165, 1.54) is 6.07 Å². The van der Waals surface area contributed by atoms with E-state index in [1.54, 1.807) is 20.1 Å². The Morgan fingerprint density at radius 1 is 1.19 bits per heavy atom. The van der Waals surface area contributed by atoms with Gasteiger partial charge >= 0.3 is 0 Å². The van der Waals surface area contributed by atoms with Crippen LogP contribution in [0.25, 0.3) is 0 Å². The standard InChI is InChI=1S/C16H19FN2O2/c1-4-21-16-9-14(13(18)8-12(16)17)19-11-5-6-15(20-3)10(2)7-11/h5-9,19H,4,18H2,1-3H3. The smallest absolute Gasteiger partial charge is 0.167 e. The van der Waals surface area contributed by atoms with Crippen molar-refractivity contribution >= 4 is 17.1 Å². The van der Waals surface area contributed by atoms with Gasteiger partial charge in [-0.05, 0) is 37.6 Å². The first kappa shape index (κ1) is 15.0. The minimum Gasteiger partial charge on any atom is -0.496 e. The highest BCUT2D eigenvalue weighted by Gasteiger charge is 2.10. The first-order valence-corrected chi connectivity index (χ1v) is 6.68. The summed E-state index contributed by atoms with van der Waals surface area (Å²) >= 11 is 0. The van der Waals surface area contributed by atoms with Gasteiger partial charge in [0, 0.05) is 17.8 Å². The van der Waals surface area contributed by atoms with Crippen molar-refractivity contribution in [1.82, 2.24) is 0 Å². The average molecular weight is 290 g/mol. The molecule has 0 fully saturated rings. The Kier molecular flexibility index (Phi) is 4.52. The summed E-state index contributed by atoms with van der Waals surface area (Å²) in [5, 5.41) is 3.16. The largest absolute Gasteiger partial charge is 0.496 e. The molecule has 112 valence electrons. The third kappa shape index (κ3) is 3.37. The van der Waals surface area contributed by atoms with Crippen LogP contribution in [-0.4, -0.2) is 13.7 Å². The number of nitrogens with one attached hydrogen (secondary N) is 1. The number of rotatable bonds is 5. The number of aryl methyl sites for hydroxylation is 1. The first-order valence-electron chi connectivity index (χ1n) is 6.68. The summed E-state index contributed by atoms with van der Waals surface area (Å²) in [6.07, 6.45) is 0. The molecule has 4 nitrogen and oxygen atoms in total. The Morgan fingerprint density at radius 3 is 2.57 bits per heavy atom. The lowest BCUT2D eigenvalue weighted by atomic mass is 10.2. The molecule has 0 aliphatic carbocycles. The van der Waals surface area contributed by atoms with Crippen LogP contribution in [0, 0.1) is 12.7 Å². The van der Waals surface area contributed by atoms with Crippen molar-refractivity contribution < 1.29 is 13.9 Å². The Labute approximate surface area is 123 Å². The number of halogens is 1. The fourth-order valence-corrected chi connectivity index (χ4v) is 2.05. The quantitative estimate of drug-likeness (QED) is 0.821. The van der Waals surface area contributed by atoms with Crippen LogP contribution in [0.3, 0.4) is 0 Å². The van der Waals surface area contributed by atoms with Gasteiger partial charge in [-0.15, -0.1) is 0 Å². The summed E-state index contributed by atoms with van der Waals surface area (Å²) in [5.41, 5.74) is 8.61. The third-order valence-electron chi connectivity index (χ3n) is 3.08. The number of nitrogen functional groups attached to an aromatic ring is 1. The van der Waals surface area contributed by atoms with Crippen molar-refractivity contribution in [2.45, 2.75) is 13.8 Å². The lowest BCUT2D eigenvalue weighted by Crippen LogP contribution is -2.01. The molecule has 0 heterocycles. The van der Waals surface area contributed by atoms with E-state index in [1.807, 2.05) is 25.1 Å². The number of hydrogen-bond donors (Lipinski definition) is 2. The zero-order valence-corrected chi connectivity index (χ0v) is 12.4. The van der Waals surface area contributed by atoms with Gasteiger partial charge in [-0.25, -0.2) is 4.39 Å². The zero-order valence-electron chi connectivity index (χ0n) is 12.4. The Morgan fingerprint density at radius 2 is 1.95 bits per heavy atom. The van der Waals surface area contributed by atoms with Gasteiger partial charge in [0.05, 0.1) is 25.1 Å². The molecule has 5 heteroatoms. The molecule has 3 N–H and O–H groups in total. The normalized spacial score (nSPS) is 10.3. The summed E-state index contributed by atoms with van der Waals surface area (Å²) in [4.78, 5) is 0. The Hall–Kier alpha value is -2.43. The highest BCUT2D eigenvalue weighted by molar-refractivity contribution is 5.74. The summed E-state index contributed by atoms with van der Waals surface area (Å²) in [6.45, 7) is 4.14. The lowest BCUT2D eigenvalue weighted by molar-refractivity contribution is 0.322. The van der Waals surface area contributed by atoms with Crippen molar-refractivity contribution in [3.8, 4) is 11.5 Å². The van der Waals surface area contributed by atoms with Crippen molar-refractivity contribution in [2.75, 3.05) is 24.8 Å². The van der Waals surface area contributed by atoms with Crippen molar-refractivity contribution in [3.05, 3.63) is 41.7 Å². The second-order valence-corrected chi connectivity index (χ2v) is 4.61. The molecule has 2 aromatic carbocycles. The van der Waals surface area contributed by atoms with E-state index in [9.17, 15) is 4.39 Å². The van der Waals surface area contributed by atoms with Crippen LogP contribution >= 0.6 is 0 Å². The van der Waals surface area contributed by atoms with Crippen molar-refractivity contribution in [1.29, 1.82) is 0 Å². The average Bonchev–Trinajstić information content (AvgIpc) is 2.44. The maximum absolute atomic E-state index is 13.7. The SMILES string of the molecule is CCOc1cc(Nc2ccc(OC)c(C)c2)c(N)cc1F. The number of ether oxygens (including phenoxy) is 2. The molecule has 2 rings (SSSR count). The minimum atomic E-state index is -0.467. The predicted octanol–water partition coefficient (Wildman–Crippen LogP) is 3.87. The summed E-state index contributed by atoms with van der Waals surface area (Å²) in [7, 11) is 1.63. The molecule has 0 aromatic heterocycles. The molecule has 0 saturated heterocycles. The van der Waals surface area contributed by atoms with Crippen LogP contribution in [0.15, 0.2) is 30.3 Å². The fraction of sp³-hybridized carbons (Fsp3) is 0.250. The minimum absolute atomic E-state index is 0.180. The molecule has 0 aliphatic rings. The van der Waals surface area contributed by atoms with E-state index in [0.717, 1.165) is 17.0 Å². The predicted molar refractivity (Wildman–Crippen MR) is 83.0 cm³/mol. The third-order valence-corrected chi connectivity index (χ3v) is 3.08. The molecular weight excluding hydrogens is 271 g/mol. The van der Waals surface area contributed by atoms with Gasteiger partial charge in [0.1, 0.15) is 5.75 Å². The van der Waals surface area contributed by atoms with Crippen LogP contribution in [-0.2, 0) is 0 Å². The van der Waals surface area contributed by atoms with Gasteiger partial charge in [0.25, 0.3) is 0 Å². The number of anilines is 3. The first-order chi connectivity index (χ1) is 10.0. The van der Waals surface area contributed by atoms with Crippen LogP contribution in [0.4, 0.5) is 21.5 Å². The van der Waals surface area contributed by atoms with E-state index >= 15 is 0 Å². The molecule has 0 saturated carbocycles. The van der Waals surface area contributed by atoms with Crippen LogP contribution in [0.5, 0.6) is 11.5 Å². The number of hydrogen-bond acceptors (Lipinski definition) is 4. The van der Waals surface area contributed by atoms with Gasteiger partial charge in [0.2, 0.25) is 0 Å². The molecule has 0 atom stereocenters.